The van der Waals surface area contributed by atoms with Gasteiger partial charge in [0.25, 0.3) is 0 Å². The molecule has 0 spiro atoms. The first-order valence-corrected chi connectivity index (χ1v) is 3.65. The normalized spacial score (nSPS) is 13.5. The molecule has 0 saturated carbocycles. The number of hydrogen-bond donors (Lipinski definition) is 0. The van der Waals surface area contributed by atoms with Crippen molar-refractivity contribution in [2.24, 2.45) is 0 Å². The second kappa shape index (κ2) is 4.04. The van der Waals surface area contributed by atoms with Gasteiger partial charge in [0.1, 0.15) is 0 Å². The number of ketones is 1. The average molecular weight is 168 g/mol. The zero-order chi connectivity index (χ0) is 7.68. The van der Waals surface area contributed by atoms with Crippen molar-refractivity contribution in [3.63, 3.8) is 0 Å². The van der Waals surface area contributed by atoms with Gasteiger partial charge in [0.15, 0.2) is 5.78 Å². The molecule has 12 heavy (non-hydrogen) atoms. The van der Waals surface area contributed by atoms with Crippen molar-refractivity contribution in [3.8, 4) is 0 Å². The Labute approximate surface area is 93.8 Å². The zero-order valence-electron chi connectivity index (χ0n) is 6.08. The molecule has 1 aliphatic rings. The number of hydrogen-bond acceptors (Lipinski definition) is 1. The van der Waals surface area contributed by atoms with Crippen LogP contribution in [0, 0.1) is 0 Å². The summed E-state index contributed by atoms with van der Waals surface area (Å²) in [5, 5.41) is 0. The monoisotopic (exact) mass is 168 g/mol. The summed E-state index contributed by atoms with van der Waals surface area (Å²) >= 11 is 0. The summed E-state index contributed by atoms with van der Waals surface area (Å²) in [4.78, 5) is 10.9. The zero-order valence-corrected chi connectivity index (χ0v) is 6.08. The molecule has 1 nitrogen and oxygen atoms in total. The quantitative estimate of drug-likeness (QED) is 0.531. The predicted molar refractivity (Wildman–Crippen MR) is 51.3 cm³/mol. The van der Waals surface area contributed by atoms with E-state index in [1.54, 1.807) is 6.08 Å². The van der Waals surface area contributed by atoms with Crippen LogP contribution in [0.15, 0.2) is 30.3 Å². The van der Waals surface area contributed by atoms with E-state index in [9.17, 15) is 4.79 Å². The van der Waals surface area contributed by atoms with E-state index in [0.717, 1.165) is 5.56 Å². The number of allylic oxidation sites excluding steroid dienone is 1. The van der Waals surface area contributed by atoms with E-state index in [-0.39, 0.29) is 35.3 Å². The van der Waals surface area contributed by atoms with Crippen LogP contribution in [0.3, 0.4) is 0 Å². The predicted octanol–water partition coefficient (Wildman–Crippen LogP) is 1.18. The van der Waals surface area contributed by atoms with Gasteiger partial charge in [-0.15, -0.1) is 0 Å². The van der Waals surface area contributed by atoms with Gasteiger partial charge in [-0.25, -0.2) is 0 Å². The van der Waals surface area contributed by atoms with Crippen molar-refractivity contribution in [1.82, 2.24) is 0 Å². The average Bonchev–Trinajstić information content (AvgIpc) is 2.04. The Bertz CT molecular complexity index is 328. The van der Waals surface area contributed by atoms with Crippen LogP contribution in [0.2, 0.25) is 0 Å². The first kappa shape index (κ1) is 9.72. The Hall–Kier alpha value is -0.370. The van der Waals surface area contributed by atoms with E-state index < -0.39 is 0 Å². The van der Waals surface area contributed by atoms with Gasteiger partial charge < -0.3 is 0 Å². The summed E-state index contributed by atoms with van der Waals surface area (Å²) in [7, 11) is 0. The summed E-state index contributed by atoms with van der Waals surface area (Å²) in [6.45, 7) is 0. The SMILES string of the molecule is O=C1C=Cc2ccccc2C1.[NaH]. The summed E-state index contributed by atoms with van der Waals surface area (Å²) in [5.74, 6) is 0.198. The molecule has 0 aromatic heterocycles. The summed E-state index contributed by atoms with van der Waals surface area (Å²) in [6, 6.07) is 7.97. The third-order valence-corrected chi connectivity index (χ3v) is 1.87. The van der Waals surface area contributed by atoms with Crippen molar-refractivity contribution in [2.75, 3.05) is 0 Å². The number of carbonyl (C=O) groups excluding carboxylic acids is 1. The van der Waals surface area contributed by atoms with Gasteiger partial charge in [-0.1, -0.05) is 30.3 Å². The third kappa shape index (κ3) is 1.86. The Kier molecular flexibility index (Phi) is 3.27. The van der Waals surface area contributed by atoms with Gasteiger partial charge in [0.05, 0.1) is 0 Å². The fourth-order valence-electron chi connectivity index (χ4n) is 1.29. The van der Waals surface area contributed by atoms with Crippen LogP contribution >= 0.6 is 0 Å². The Balaban J connectivity index is 0.000000720. The van der Waals surface area contributed by atoms with Crippen LogP contribution in [0.25, 0.3) is 6.08 Å². The molecule has 2 heteroatoms. The molecular weight excluding hydrogens is 159 g/mol. The maximum absolute atomic E-state index is 10.9. The molecule has 0 fully saturated rings. The molecule has 2 rings (SSSR count). The molecule has 0 heterocycles. The third-order valence-electron chi connectivity index (χ3n) is 1.87. The standard InChI is InChI=1S/C10H8O.Na.H/c11-10-6-5-8-3-1-2-4-9(8)7-10;;/h1-6H,7H2;;. The summed E-state index contributed by atoms with van der Waals surface area (Å²) in [6.07, 6.45) is 4.08. The number of fused-ring (bicyclic) bond motifs is 1. The van der Waals surface area contributed by atoms with Gasteiger partial charge in [0.2, 0.25) is 0 Å². The van der Waals surface area contributed by atoms with Gasteiger partial charge in [0, 0.05) is 6.42 Å². The molecule has 0 aliphatic heterocycles. The molecule has 1 aromatic rings. The molecule has 0 N–H and O–H groups in total. The van der Waals surface area contributed by atoms with Gasteiger partial charge in [-0.05, 0) is 17.2 Å². The van der Waals surface area contributed by atoms with E-state index in [0.29, 0.717) is 6.42 Å². The Morgan fingerprint density at radius 2 is 1.83 bits per heavy atom. The molecule has 0 unspecified atom stereocenters. The van der Waals surface area contributed by atoms with E-state index in [4.69, 9.17) is 0 Å². The van der Waals surface area contributed by atoms with Gasteiger partial charge >= 0.3 is 29.6 Å². The molecule has 0 atom stereocenters. The first-order valence-electron chi connectivity index (χ1n) is 3.65. The number of carbonyl (C=O) groups is 1. The van der Waals surface area contributed by atoms with Crippen molar-refractivity contribution < 1.29 is 4.79 Å². The summed E-state index contributed by atoms with van der Waals surface area (Å²) < 4.78 is 0. The van der Waals surface area contributed by atoms with Crippen molar-refractivity contribution in [3.05, 3.63) is 41.5 Å². The van der Waals surface area contributed by atoms with Crippen LogP contribution in [0.1, 0.15) is 11.1 Å². The summed E-state index contributed by atoms with van der Waals surface area (Å²) in [5.41, 5.74) is 2.31. The fraction of sp³-hybridized carbons (Fsp3) is 0.100. The second-order valence-corrected chi connectivity index (χ2v) is 2.68. The van der Waals surface area contributed by atoms with E-state index in [1.807, 2.05) is 30.3 Å². The van der Waals surface area contributed by atoms with Crippen LogP contribution in [-0.2, 0) is 11.2 Å². The molecule has 56 valence electrons. The van der Waals surface area contributed by atoms with E-state index >= 15 is 0 Å². The Morgan fingerprint density at radius 1 is 1.08 bits per heavy atom. The van der Waals surface area contributed by atoms with Crippen LogP contribution in [0.4, 0.5) is 0 Å². The minimum absolute atomic E-state index is 0. The first-order chi connectivity index (χ1) is 5.36. The molecule has 0 bridgehead atoms. The van der Waals surface area contributed by atoms with Crippen LogP contribution in [0.5, 0.6) is 0 Å². The number of rotatable bonds is 0. The molecule has 1 aromatic carbocycles. The maximum atomic E-state index is 10.9. The number of benzene rings is 1. The van der Waals surface area contributed by atoms with E-state index in [1.165, 1.54) is 5.56 Å². The Morgan fingerprint density at radius 3 is 2.67 bits per heavy atom. The minimum atomic E-state index is 0. The molecule has 0 radical (unpaired) electrons. The molecular formula is C10H9NaO. The topological polar surface area (TPSA) is 17.1 Å². The molecule has 0 saturated heterocycles. The van der Waals surface area contributed by atoms with Crippen molar-refractivity contribution in [1.29, 1.82) is 0 Å². The second-order valence-electron chi connectivity index (χ2n) is 2.68. The van der Waals surface area contributed by atoms with Crippen molar-refractivity contribution >= 4 is 41.4 Å². The van der Waals surface area contributed by atoms with E-state index in [2.05, 4.69) is 0 Å². The van der Waals surface area contributed by atoms with Crippen LogP contribution in [-0.4, -0.2) is 35.3 Å². The van der Waals surface area contributed by atoms with Crippen LogP contribution < -0.4 is 0 Å². The van der Waals surface area contributed by atoms with Crippen molar-refractivity contribution in [2.45, 2.75) is 6.42 Å². The molecule has 0 amide bonds. The fourth-order valence-corrected chi connectivity index (χ4v) is 1.29. The molecule has 1 aliphatic carbocycles. The van der Waals surface area contributed by atoms with Gasteiger partial charge in [-0.3, -0.25) is 4.79 Å². The van der Waals surface area contributed by atoms with Gasteiger partial charge in [-0.2, -0.15) is 0 Å².